The first-order chi connectivity index (χ1) is 12.0. The number of hydrogen-bond donors (Lipinski definition) is 0. The van der Waals surface area contributed by atoms with Crippen molar-refractivity contribution in [3.8, 4) is 5.75 Å². The van der Waals surface area contributed by atoms with Crippen LogP contribution in [0.25, 0.3) is 0 Å². The number of aryl methyl sites for hydroxylation is 2. The smallest absolute Gasteiger partial charge is 0.264 e. The first kappa shape index (κ1) is 17.5. The fraction of sp³-hybridized carbons (Fsp3) is 0.368. The van der Waals surface area contributed by atoms with Crippen LogP contribution in [-0.2, 0) is 4.79 Å². The molecule has 1 aliphatic heterocycles. The predicted molar refractivity (Wildman–Crippen MR) is 98.2 cm³/mol. The molecule has 0 radical (unpaired) electrons. The topological polar surface area (TPSA) is 49.9 Å². The summed E-state index contributed by atoms with van der Waals surface area (Å²) in [6.45, 7) is 6.25. The summed E-state index contributed by atoms with van der Waals surface area (Å²) in [6.07, 6.45) is 0. The molecule has 0 aliphatic carbocycles. The fourth-order valence-electron chi connectivity index (χ4n) is 2.91. The van der Waals surface area contributed by atoms with Crippen molar-refractivity contribution in [1.29, 1.82) is 0 Å². The number of carbonyl (C=O) groups excluding carboxylic acids is 2. The minimum atomic E-state index is -0.0387. The van der Waals surface area contributed by atoms with E-state index in [9.17, 15) is 9.59 Å². The van der Waals surface area contributed by atoms with Crippen molar-refractivity contribution >= 4 is 23.2 Å². The number of rotatable bonds is 4. The first-order valence-electron chi connectivity index (χ1n) is 8.35. The van der Waals surface area contributed by atoms with E-state index in [1.807, 2.05) is 49.6 Å². The average Bonchev–Trinajstić information content (AvgIpc) is 3.15. The lowest BCUT2D eigenvalue weighted by atomic mass is 10.1. The Morgan fingerprint density at radius 2 is 1.80 bits per heavy atom. The minimum absolute atomic E-state index is 0.0305. The first-order valence-corrected chi connectivity index (χ1v) is 9.23. The van der Waals surface area contributed by atoms with Crippen LogP contribution in [0.4, 0.5) is 0 Å². The maximum Gasteiger partial charge on any atom is 0.264 e. The number of carbonyl (C=O) groups is 2. The highest BCUT2D eigenvalue weighted by Crippen LogP contribution is 2.19. The Labute approximate surface area is 151 Å². The average molecular weight is 358 g/mol. The molecule has 0 unspecified atom stereocenters. The van der Waals surface area contributed by atoms with E-state index in [4.69, 9.17) is 4.74 Å². The van der Waals surface area contributed by atoms with E-state index in [1.165, 1.54) is 16.9 Å². The highest BCUT2D eigenvalue weighted by Gasteiger charge is 2.25. The molecule has 0 saturated carbocycles. The van der Waals surface area contributed by atoms with Gasteiger partial charge in [0.15, 0.2) is 6.61 Å². The molecule has 6 heteroatoms. The van der Waals surface area contributed by atoms with Crippen molar-refractivity contribution < 1.29 is 14.3 Å². The molecule has 3 rings (SSSR count). The van der Waals surface area contributed by atoms with Crippen LogP contribution in [0.5, 0.6) is 5.75 Å². The lowest BCUT2D eigenvalue weighted by Gasteiger charge is -2.34. The van der Waals surface area contributed by atoms with Crippen LogP contribution < -0.4 is 4.74 Å². The molecule has 132 valence electrons. The van der Waals surface area contributed by atoms with Crippen molar-refractivity contribution in [3.63, 3.8) is 0 Å². The number of nitrogens with zero attached hydrogens (tertiary/aromatic N) is 2. The van der Waals surface area contributed by atoms with E-state index in [0.717, 1.165) is 16.2 Å². The third-order valence-electron chi connectivity index (χ3n) is 4.33. The van der Waals surface area contributed by atoms with Crippen LogP contribution in [0.1, 0.15) is 20.8 Å². The Morgan fingerprint density at radius 1 is 1.08 bits per heavy atom. The molecule has 0 atom stereocenters. The molecule has 0 bridgehead atoms. The van der Waals surface area contributed by atoms with E-state index < -0.39 is 0 Å². The van der Waals surface area contributed by atoms with Gasteiger partial charge in [-0.15, -0.1) is 11.3 Å². The molecule has 2 aromatic rings. The summed E-state index contributed by atoms with van der Waals surface area (Å²) in [5.41, 5.74) is 2.20. The van der Waals surface area contributed by atoms with Crippen LogP contribution in [-0.4, -0.2) is 54.4 Å². The molecule has 5 nitrogen and oxygen atoms in total. The normalized spacial score (nSPS) is 14.5. The predicted octanol–water partition coefficient (Wildman–Crippen LogP) is 2.73. The Hall–Kier alpha value is -2.34. The molecule has 25 heavy (non-hydrogen) atoms. The summed E-state index contributed by atoms with van der Waals surface area (Å²) in [5.74, 6) is 0.752. The van der Waals surface area contributed by atoms with Gasteiger partial charge >= 0.3 is 0 Å². The third kappa shape index (κ3) is 4.20. The number of benzene rings is 1. The second kappa shape index (κ2) is 7.70. The number of thiophene rings is 1. The highest BCUT2D eigenvalue weighted by molar-refractivity contribution is 7.12. The molecule has 1 aromatic heterocycles. The number of amides is 2. The standard InChI is InChI=1S/C19H22N2O3S/c1-14-5-6-16(15(2)12-14)24-13-18(22)20-7-9-21(10-8-20)19(23)17-4-3-11-25-17/h3-6,11-12H,7-10,13H2,1-2H3. The molecule has 2 heterocycles. The van der Waals surface area contributed by atoms with E-state index in [-0.39, 0.29) is 18.4 Å². The van der Waals surface area contributed by atoms with Crippen molar-refractivity contribution in [2.75, 3.05) is 32.8 Å². The molecule has 1 fully saturated rings. The second-order valence-corrected chi connectivity index (χ2v) is 7.16. The Balaban J connectivity index is 1.49. The largest absolute Gasteiger partial charge is 0.484 e. The lowest BCUT2D eigenvalue weighted by Crippen LogP contribution is -2.51. The van der Waals surface area contributed by atoms with Gasteiger partial charge in [0.25, 0.3) is 11.8 Å². The number of hydrogen-bond acceptors (Lipinski definition) is 4. The van der Waals surface area contributed by atoms with Gasteiger partial charge in [-0.1, -0.05) is 23.8 Å². The molecule has 1 saturated heterocycles. The van der Waals surface area contributed by atoms with Gasteiger partial charge in [0, 0.05) is 26.2 Å². The zero-order valence-electron chi connectivity index (χ0n) is 14.5. The third-order valence-corrected chi connectivity index (χ3v) is 5.19. The van der Waals surface area contributed by atoms with Gasteiger partial charge in [-0.05, 0) is 36.9 Å². The summed E-state index contributed by atoms with van der Waals surface area (Å²) in [4.78, 5) is 29.0. The van der Waals surface area contributed by atoms with Gasteiger partial charge in [0.1, 0.15) is 5.75 Å². The van der Waals surface area contributed by atoms with Crippen molar-refractivity contribution in [2.24, 2.45) is 0 Å². The van der Waals surface area contributed by atoms with Crippen molar-refractivity contribution in [2.45, 2.75) is 13.8 Å². The molecule has 1 aliphatic rings. The molecule has 0 N–H and O–H groups in total. The fourth-order valence-corrected chi connectivity index (χ4v) is 3.60. The summed E-state index contributed by atoms with van der Waals surface area (Å²) in [6, 6.07) is 9.62. The van der Waals surface area contributed by atoms with Crippen LogP contribution in [0, 0.1) is 13.8 Å². The SMILES string of the molecule is Cc1ccc(OCC(=O)N2CCN(C(=O)c3cccs3)CC2)c(C)c1. The van der Waals surface area contributed by atoms with E-state index in [0.29, 0.717) is 26.2 Å². The van der Waals surface area contributed by atoms with Crippen LogP contribution in [0.3, 0.4) is 0 Å². The Kier molecular flexibility index (Phi) is 5.38. The summed E-state index contributed by atoms with van der Waals surface area (Å²) in [7, 11) is 0. The zero-order chi connectivity index (χ0) is 17.8. The van der Waals surface area contributed by atoms with Crippen LogP contribution >= 0.6 is 11.3 Å². The van der Waals surface area contributed by atoms with Gasteiger partial charge in [-0.25, -0.2) is 0 Å². The van der Waals surface area contributed by atoms with Gasteiger partial charge < -0.3 is 14.5 Å². The van der Waals surface area contributed by atoms with Gasteiger partial charge in [0.2, 0.25) is 0 Å². The van der Waals surface area contributed by atoms with E-state index in [2.05, 4.69) is 0 Å². The zero-order valence-corrected chi connectivity index (χ0v) is 15.3. The Morgan fingerprint density at radius 3 is 2.44 bits per heavy atom. The molecule has 2 amide bonds. The van der Waals surface area contributed by atoms with Crippen LogP contribution in [0.15, 0.2) is 35.7 Å². The summed E-state index contributed by atoms with van der Waals surface area (Å²) >= 11 is 1.45. The molecule has 0 spiro atoms. The van der Waals surface area contributed by atoms with Gasteiger partial charge in [-0.2, -0.15) is 0 Å². The van der Waals surface area contributed by atoms with E-state index in [1.54, 1.807) is 9.80 Å². The van der Waals surface area contributed by atoms with Gasteiger partial charge in [-0.3, -0.25) is 9.59 Å². The number of piperazine rings is 1. The van der Waals surface area contributed by atoms with Crippen molar-refractivity contribution in [3.05, 3.63) is 51.7 Å². The summed E-state index contributed by atoms with van der Waals surface area (Å²) in [5, 5.41) is 1.90. The molecular formula is C19H22N2O3S. The highest BCUT2D eigenvalue weighted by atomic mass is 32.1. The summed E-state index contributed by atoms with van der Waals surface area (Å²) < 4.78 is 5.67. The molecule has 1 aromatic carbocycles. The minimum Gasteiger partial charge on any atom is -0.484 e. The Bertz CT molecular complexity index is 750. The van der Waals surface area contributed by atoms with Crippen LogP contribution in [0.2, 0.25) is 0 Å². The lowest BCUT2D eigenvalue weighted by molar-refractivity contribution is -0.134. The maximum atomic E-state index is 12.4. The maximum absolute atomic E-state index is 12.4. The van der Waals surface area contributed by atoms with E-state index >= 15 is 0 Å². The monoisotopic (exact) mass is 358 g/mol. The van der Waals surface area contributed by atoms with Crippen molar-refractivity contribution in [1.82, 2.24) is 9.80 Å². The quantitative estimate of drug-likeness (QED) is 0.844. The second-order valence-electron chi connectivity index (χ2n) is 6.21. The molecular weight excluding hydrogens is 336 g/mol. The van der Waals surface area contributed by atoms with Gasteiger partial charge in [0.05, 0.1) is 4.88 Å². The number of ether oxygens (including phenoxy) is 1.